The number of hydrogen-bond donors (Lipinski definition) is 2. The fraction of sp³-hybridized carbons (Fsp3) is 0.0667. The van der Waals surface area contributed by atoms with Crippen LogP contribution in [0, 0.1) is 11.6 Å². The first-order valence-corrected chi connectivity index (χ1v) is 5.92. The van der Waals surface area contributed by atoms with Crippen molar-refractivity contribution in [3.8, 4) is 0 Å². The zero-order valence-corrected chi connectivity index (χ0v) is 10.6. The van der Waals surface area contributed by atoms with Crippen molar-refractivity contribution in [2.24, 2.45) is 0 Å². The smallest absolute Gasteiger partial charge is 0.339 e. The molecule has 4 nitrogen and oxygen atoms in total. The molecule has 0 aliphatic rings. The lowest BCUT2D eigenvalue weighted by molar-refractivity contribution is 0.0646. The molecule has 21 heavy (non-hydrogen) atoms. The van der Waals surface area contributed by atoms with E-state index >= 15 is 0 Å². The van der Waals surface area contributed by atoms with E-state index in [9.17, 15) is 18.4 Å². The summed E-state index contributed by atoms with van der Waals surface area (Å²) < 4.78 is 26.4. The Morgan fingerprint density at radius 1 is 0.857 bits per heavy atom. The molecule has 0 radical (unpaired) electrons. The minimum Gasteiger partial charge on any atom is -0.478 e. The number of carbonyl (C=O) groups is 2. The van der Waals surface area contributed by atoms with Gasteiger partial charge in [0, 0.05) is 0 Å². The molecule has 0 saturated carbocycles. The van der Waals surface area contributed by atoms with E-state index < -0.39 is 34.7 Å². The Hall–Kier alpha value is -2.76. The van der Waals surface area contributed by atoms with Gasteiger partial charge in [-0.3, -0.25) is 0 Å². The summed E-state index contributed by atoms with van der Waals surface area (Å²) in [4.78, 5) is 22.3. The van der Waals surface area contributed by atoms with Crippen molar-refractivity contribution in [3.05, 3.63) is 70.3 Å². The van der Waals surface area contributed by atoms with E-state index in [1.54, 1.807) is 0 Å². The average molecular weight is 292 g/mol. The van der Waals surface area contributed by atoms with Crippen molar-refractivity contribution in [1.29, 1.82) is 0 Å². The molecule has 2 N–H and O–H groups in total. The molecule has 0 heterocycles. The van der Waals surface area contributed by atoms with Crippen LogP contribution < -0.4 is 0 Å². The van der Waals surface area contributed by atoms with Crippen LogP contribution in [0.15, 0.2) is 36.4 Å². The van der Waals surface area contributed by atoms with Gasteiger partial charge >= 0.3 is 11.9 Å². The zero-order valence-electron chi connectivity index (χ0n) is 10.6. The topological polar surface area (TPSA) is 74.6 Å². The molecule has 0 spiro atoms. The van der Waals surface area contributed by atoms with Crippen molar-refractivity contribution in [2.45, 2.75) is 6.42 Å². The molecular weight excluding hydrogens is 282 g/mol. The van der Waals surface area contributed by atoms with Crippen LogP contribution in [0.1, 0.15) is 31.8 Å². The van der Waals surface area contributed by atoms with Crippen molar-refractivity contribution in [3.63, 3.8) is 0 Å². The van der Waals surface area contributed by atoms with Crippen molar-refractivity contribution in [1.82, 2.24) is 0 Å². The highest BCUT2D eigenvalue weighted by Crippen LogP contribution is 2.22. The third-order valence-corrected chi connectivity index (χ3v) is 2.98. The Morgan fingerprint density at radius 3 is 1.95 bits per heavy atom. The van der Waals surface area contributed by atoms with Gasteiger partial charge in [-0.05, 0) is 35.7 Å². The number of aromatic carboxylic acids is 2. The maximum atomic E-state index is 13.5. The van der Waals surface area contributed by atoms with Crippen LogP contribution in [-0.4, -0.2) is 22.2 Å². The molecular formula is C15H10F2O4. The molecule has 0 bridgehead atoms. The minimum atomic E-state index is -1.65. The lowest BCUT2D eigenvalue weighted by Crippen LogP contribution is -2.14. The first-order valence-electron chi connectivity index (χ1n) is 5.92. The highest BCUT2D eigenvalue weighted by atomic mass is 19.1. The average Bonchev–Trinajstić information content (AvgIpc) is 2.42. The molecule has 0 unspecified atom stereocenters. The summed E-state index contributed by atoms with van der Waals surface area (Å²) in [6, 6.07) is 7.44. The summed E-state index contributed by atoms with van der Waals surface area (Å²) in [6.07, 6.45) is 0.0580. The highest BCUT2D eigenvalue weighted by molar-refractivity contribution is 6.03. The summed E-state index contributed by atoms with van der Waals surface area (Å²) in [5.74, 6) is -4.72. The van der Waals surface area contributed by atoms with E-state index in [0.29, 0.717) is 5.56 Å². The molecule has 0 amide bonds. The summed E-state index contributed by atoms with van der Waals surface area (Å²) >= 11 is 0. The fourth-order valence-electron chi connectivity index (χ4n) is 2.04. The predicted molar refractivity (Wildman–Crippen MR) is 69.5 cm³/mol. The highest BCUT2D eigenvalue weighted by Gasteiger charge is 2.24. The quantitative estimate of drug-likeness (QED) is 0.908. The molecule has 0 aliphatic heterocycles. The van der Waals surface area contributed by atoms with Gasteiger partial charge in [-0.1, -0.05) is 18.2 Å². The van der Waals surface area contributed by atoms with Crippen molar-refractivity contribution in [2.75, 3.05) is 0 Å². The van der Waals surface area contributed by atoms with E-state index in [0.717, 1.165) is 6.07 Å². The number of benzene rings is 2. The normalized spacial score (nSPS) is 10.4. The first kappa shape index (κ1) is 14.6. The third-order valence-electron chi connectivity index (χ3n) is 2.98. The lowest BCUT2D eigenvalue weighted by Gasteiger charge is -2.10. The second kappa shape index (κ2) is 5.70. The van der Waals surface area contributed by atoms with Crippen LogP contribution in [0.25, 0.3) is 0 Å². The molecule has 2 aromatic rings. The largest absolute Gasteiger partial charge is 0.478 e. The van der Waals surface area contributed by atoms with E-state index in [2.05, 4.69) is 0 Å². The van der Waals surface area contributed by atoms with Gasteiger partial charge < -0.3 is 10.2 Å². The first-order chi connectivity index (χ1) is 9.90. The van der Waals surface area contributed by atoms with Gasteiger partial charge in [-0.2, -0.15) is 0 Å². The van der Waals surface area contributed by atoms with Crippen LogP contribution in [0.3, 0.4) is 0 Å². The molecule has 0 fully saturated rings. The second-order valence-corrected chi connectivity index (χ2v) is 4.37. The molecule has 6 heteroatoms. The van der Waals surface area contributed by atoms with Gasteiger partial charge in [0.05, 0.1) is 5.56 Å². The molecule has 108 valence electrons. The maximum absolute atomic E-state index is 13.5. The molecule has 2 aromatic carbocycles. The number of carboxylic acids is 2. The number of hydrogen-bond acceptors (Lipinski definition) is 2. The van der Waals surface area contributed by atoms with Crippen LogP contribution in [0.4, 0.5) is 8.78 Å². The monoisotopic (exact) mass is 292 g/mol. The Labute approximate surface area is 118 Å². The Balaban J connectivity index is 2.53. The number of rotatable bonds is 4. The Morgan fingerprint density at radius 2 is 1.43 bits per heavy atom. The van der Waals surface area contributed by atoms with Gasteiger partial charge in [-0.25, -0.2) is 18.4 Å². The summed E-state index contributed by atoms with van der Waals surface area (Å²) in [6.45, 7) is 0. The van der Waals surface area contributed by atoms with Gasteiger partial charge in [-0.15, -0.1) is 0 Å². The summed E-state index contributed by atoms with van der Waals surface area (Å²) in [5, 5.41) is 18.1. The molecule has 0 saturated heterocycles. The van der Waals surface area contributed by atoms with E-state index in [1.807, 2.05) is 0 Å². The summed E-state index contributed by atoms with van der Waals surface area (Å²) in [5.41, 5.74) is -0.733. The second-order valence-electron chi connectivity index (χ2n) is 4.37. The third kappa shape index (κ3) is 3.05. The van der Waals surface area contributed by atoms with Gasteiger partial charge in [0.15, 0.2) is 0 Å². The van der Waals surface area contributed by atoms with Gasteiger partial charge in [0.2, 0.25) is 0 Å². The molecule has 2 rings (SSSR count). The van der Waals surface area contributed by atoms with E-state index in [4.69, 9.17) is 10.2 Å². The zero-order chi connectivity index (χ0) is 15.6. The molecule has 0 aromatic heterocycles. The van der Waals surface area contributed by atoms with Crippen molar-refractivity contribution >= 4 is 11.9 Å². The van der Waals surface area contributed by atoms with Gasteiger partial charge in [0.25, 0.3) is 0 Å². The SMILES string of the molecule is O=C(O)c1c(F)ccc(Cc2ccc(F)cc2)c1C(=O)O. The Kier molecular flexibility index (Phi) is 3.98. The predicted octanol–water partition coefficient (Wildman–Crippen LogP) is 2.95. The van der Waals surface area contributed by atoms with E-state index in [-0.39, 0.29) is 12.0 Å². The Bertz CT molecular complexity index is 708. The lowest BCUT2D eigenvalue weighted by atomic mass is 9.95. The number of carboxylic acid groups (broad SMARTS) is 2. The van der Waals surface area contributed by atoms with Gasteiger partial charge in [0.1, 0.15) is 17.2 Å². The summed E-state index contributed by atoms with van der Waals surface area (Å²) in [7, 11) is 0. The van der Waals surface area contributed by atoms with Crippen LogP contribution in [-0.2, 0) is 6.42 Å². The molecule has 0 aliphatic carbocycles. The van der Waals surface area contributed by atoms with Crippen LogP contribution in [0.5, 0.6) is 0 Å². The standard InChI is InChI=1S/C15H10F2O4/c16-10-4-1-8(2-5-10)7-9-3-6-11(17)13(15(20)21)12(9)14(18)19/h1-6H,7H2,(H,18,19)(H,20,21). The van der Waals surface area contributed by atoms with E-state index in [1.165, 1.54) is 30.3 Å². The van der Waals surface area contributed by atoms with Crippen molar-refractivity contribution < 1.29 is 28.6 Å². The fourth-order valence-corrected chi connectivity index (χ4v) is 2.04. The number of halogens is 2. The van der Waals surface area contributed by atoms with Crippen LogP contribution >= 0.6 is 0 Å². The minimum absolute atomic E-state index is 0.0580. The molecule has 0 atom stereocenters. The maximum Gasteiger partial charge on any atom is 0.339 e. The van der Waals surface area contributed by atoms with Crippen LogP contribution in [0.2, 0.25) is 0 Å².